The quantitative estimate of drug-likeness (QED) is 0.221. The van der Waals surface area contributed by atoms with Gasteiger partial charge in [0.15, 0.2) is 5.82 Å². The van der Waals surface area contributed by atoms with Gasteiger partial charge in [0, 0.05) is 54.6 Å². The molecule has 5 fully saturated rings. The van der Waals surface area contributed by atoms with Crippen molar-refractivity contribution in [3.63, 3.8) is 0 Å². The van der Waals surface area contributed by atoms with E-state index in [4.69, 9.17) is 40.1 Å². The van der Waals surface area contributed by atoms with Gasteiger partial charge in [-0.3, -0.25) is 4.90 Å². The molecule has 2 unspecified atom stereocenters. The second-order valence-electron chi connectivity index (χ2n) is 16.8. The van der Waals surface area contributed by atoms with Crippen LogP contribution in [-0.4, -0.2) is 120 Å². The Hall–Kier alpha value is -4.39. The normalized spacial score (nSPS) is 29.4. The average molecular weight is 786 g/mol. The molecule has 1 saturated carbocycles. The molecule has 1 aliphatic carbocycles. The lowest BCUT2D eigenvalue weighted by Gasteiger charge is -2.52. The van der Waals surface area contributed by atoms with E-state index in [1.54, 1.807) is 6.92 Å². The number of hydrogen-bond donors (Lipinski definition) is 2. The Morgan fingerprint density at radius 3 is 2.65 bits per heavy atom. The largest absolute Gasteiger partial charge is 0.508 e. The number of piperidine rings is 1. The zero-order valence-corrected chi connectivity index (χ0v) is 32.5. The number of phenols is 1. The van der Waals surface area contributed by atoms with Gasteiger partial charge in [-0.15, -0.1) is 6.42 Å². The summed E-state index contributed by atoms with van der Waals surface area (Å²) in [5.41, 5.74) is -2.02. The number of rotatable bonds is 7. The Balaban J connectivity index is 1.14. The Labute approximate surface area is 330 Å². The van der Waals surface area contributed by atoms with Crippen molar-refractivity contribution in [2.24, 2.45) is 5.41 Å². The maximum absolute atomic E-state index is 17.4. The number of ether oxygens (including phenoxy) is 5. The number of methoxy groups -OCH3 is 1. The summed E-state index contributed by atoms with van der Waals surface area (Å²) in [5, 5.41) is 22.8. The Kier molecular flexibility index (Phi) is 9.88. The number of aliphatic hydroxyl groups is 1. The van der Waals surface area contributed by atoms with Gasteiger partial charge in [-0.05, 0) is 75.6 Å². The van der Waals surface area contributed by atoms with Gasteiger partial charge in [0.2, 0.25) is 5.88 Å². The van der Waals surface area contributed by atoms with Crippen LogP contribution < -0.4 is 14.4 Å². The molecule has 5 atom stereocenters. The first-order valence-corrected chi connectivity index (χ1v) is 20.1. The fourth-order valence-corrected chi connectivity index (χ4v) is 10.4. The van der Waals surface area contributed by atoms with Gasteiger partial charge in [0.05, 0.1) is 51.2 Å². The molecule has 14 heteroatoms. The van der Waals surface area contributed by atoms with E-state index in [2.05, 4.69) is 15.8 Å². The first kappa shape index (κ1) is 38.1. The van der Waals surface area contributed by atoms with Crippen molar-refractivity contribution < 1.29 is 42.7 Å². The van der Waals surface area contributed by atoms with Crippen LogP contribution in [0.2, 0.25) is 0 Å². The van der Waals surface area contributed by atoms with Crippen LogP contribution >= 0.6 is 0 Å². The number of benzene rings is 2. The number of β-amino-alcohol motifs (C(OH)–C–C–N with tert-alkyl or cyclic N) is 1. The molecule has 0 amide bonds. The van der Waals surface area contributed by atoms with Crippen LogP contribution in [0.3, 0.4) is 0 Å². The molecule has 2 aromatic heterocycles. The van der Waals surface area contributed by atoms with Crippen LogP contribution in [0, 0.1) is 29.4 Å². The Morgan fingerprint density at radius 2 is 1.84 bits per heavy atom. The van der Waals surface area contributed by atoms with Gasteiger partial charge >= 0.3 is 6.01 Å². The summed E-state index contributed by atoms with van der Waals surface area (Å²) < 4.78 is 62.8. The van der Waals surface area contributed by atoms with Gasteiger partial charge in [-0.1, -0.05) is 18.4 Å². The predicted octanol–water partition coefficient (Wildman–Crippen LogP) is 5.76. The molecule has 1 spiro atoms. The number of terminal acetylenes is 1. The highest BCUT2D eigenvalue weighted by atomic mass is 19.1. The first-order chi connectivity index (χ1) is 27.5. The van der Waals surface area contributed by atoms with Crippen LogP contribution in [-0.2, 0) is 14.2 Å². The molecule has 4 aromatic rings. The highest BCUT2D eigenvalue weighted by Crippen LogP contribution is 2.51. The summed E-state index contributed by atoms with van der Waals surface area (Å²) >= 11 is 0. The predicted molar refractivity (Wildman–Crippen MR) is 209 cm³/mol. The maximum Gasteiger partial charge on any atom is 0.319 e. The van der Waals surface area contributed by atoms with Crippen LogP contribution in [0.5, 0.6) is 17.6 Å². The van der Waals surface area contributed by atoms with E-state index >= 15 is 8.78 Å². The molecule has 2 aromatic carbocycles. The van der Waals surface area contributed by atoms with Crippen molar-refractivity contribution in [3.05, 3.63) is 41.5 Å². The van der Waals surface area contributed by atoms with Gasteiger partial charge in [-0.25, -0.2) is 13.8 Å². The minimum absolute atomic E-state index is 0.0119. The molecular weight excluding hydrogens is 736 g/mol. The SMILES string of the molecule is C#Cc1c(F)ccc2cc(O)cc(-c3nc(OC)c4c(N5CCOC[C@@](C)(O)C5)nc(OC[C@]56CCC[C@H]5N(C5CCOC7(CCOC7)C5)CCC6)nc4c3F)c12. The number of fused-ring (bicyclic) bond motifs is 3. The van der Waals surface area contributed by atoms with E-state index in [9.17, 15) is 10.2 Å². The first-order valence-electron chi connectivity index (χ1n) is 20.1. The zero-order valence-electron chi connectivity index (χ0n) is 32.5. The summed E-state index contributed by atoms with van der Waals surface area (Å²) in [6, 6.07) is 6.09. The molecule has 57 heavy (non-hydrogen) atoms. The number of halogens is 2. The molecule has 0 radical (unpaired) electrons. The third-order valence-electron chi connectivity index (χ3n) is 12.9. The van der Waals surface area contributed by atoms with Crippen molar-refractivity contribution in [1.82, 2.24) is 19.9 Å². The highest BCUT2D eigenvalue weighted by molar-refractivity contribution is 6.04. The zero-order chi connectivity index (χ0) is 39.5. The van der Waals surface area contributed by atoms with Crippen LogP contribution in [0.1, 0.15) is 63.9 Å². The highest BCUT2D eigenvalue weighted by Gasteiger charge is 2.52. The number of nitrogens with zero attached hydrogens (tertiary/aromatic N) is 5. The van der Waals surface area contributed by atoms with Crippen LogP contribution in [0.4, 0.5) is 14.6 Å². The molecule has 6 heterocycles. The standard InChI is InChI=1S/C43H49F2N5O7/c1-4-29-31(44)9-8-26-19-28(51)20-30(33(26)29)36-35(45)37-34(39(46-36)53-3)38(49-15-18-55-23-41(2,52)22-49)48-40(47-37)56-24-42-11-5-7-32(42)50(14-6-12-42)27-10-16-57-43(21-27)13-17-54-25-43/h1,8-9,19-20,27,32,51-52H,5-7,10-18,21-25H2,2-3H3/t27?,32-,41+,42-,43?/m1/s1. The van der Waals surface area contributed by atoms with Gasteiger partial charge in [-0.2, -0.15) is 9.97 Å². The molecule has 4 aliphatic heterocycles. The number of aromatic hydroxyl groups is 1. The number of anilines is 1. The van der Waals surface area contributed by atoms with Gasteiger partial charge in [0.1, 0.15) is 39.6 Å². The molecule has 9 rings (SSSR count). The summed E-state index contributed by atoms with van der Waals surface area (Å²) in [6.45, 7) is 5.99. The lowest BCUT2D eigenvalue weighted by atomic mass is 9.74. The minimum Gasteiger partial charge on any atom is -0.508 e. The topological polar surface area (TPSA) is 132 Å². The number of hydrogen-bond acceptors (Lipinski definition) is 12. The van der Waals surface area contributed by atoms with E-state index in [0.29, 0.717) is 37.2 Å². The lowest BCUT2D eigenvalue weighted by Crippen LogP contribution is -2.58. The molecule has 12 nitrogen and oxygen atoms in total. The Bertz CT molecular complexity index is 2240. The van der Waals surface area contributed by atoms with E-state index in [1.165, 1.54) is 31.4 Å². The fourth-order valence-electron chi connectivity index (χ4n) is 10.4. The summed E-state index contributed by atoms with van der Waals surface area (Å²) in [6.07, 6.45) is 13.8. The maximum atomic E-state index is 17.4. The number of likely N-dealkylation sites (tertiary alicyclic amines) is 1. The van der Waals surface area contributed by atoms with Gasteiger partial charge in [0.25, 0.3) is 0 Å². The fraction of sp³-hybridized carbons (Fsp3) is 0.558. The van der Waals surface area contributed by atoms with Crippen molar-refractivity contribution >= 4 is 27.5 Å². The number of phenolic OH excluding ortho intramolecular Hbond substituents is 1. The van der Waals surface area contributed by atoms with E-state index in [0.717, 1.165) is 71.1 Å². The van der Waals surface area contributed by atoms with Gasteiger partial charge < -0.3 is 38.8 Å². The molecule has 302 valence electrons. The molecule has 5 aliphatic rings. The second-order valence-corrected chi connectivity index (χ2v) is 16.8. The lowest BCUT2D eigenvalue weighted by molar-refractivity contribution is -0.125. The summed E-state index contributed by atoms with van der Waals surface area (Å²) in [4.78, 5) is 18.8. The molecule has 0 bridgehead atoms. The molecule has 4 saturated heterocycles. The summed E-state index contributed by atoms with van der Waals surface area (Å²) in [5.74, 6) is 0.925. The van der Waals surface area contributed by atoms with E-state index < -0.39 is 17.2 Å². The molecular formula is C43H49F2N5O7. The van der Waals surface area contributed by atoms with Crippen molar-refractivity contribution in [2.75, 3.05) is 71.3 Å². The van der Waals surface area contributed by atoms with Crippen LogP contribution in [0.15, 0.2) is 24.3 Å². The minimum atomic E-state index is -1.25. The van der Waals surface area contributed by atoms with Crippen molar-refractivity contribution in [2.45, 2.75) is 81.6 Å². The number of aromatic nitrogens is 3. The monoisotopic (exact) mass is 785 g/mol. The van der Waals surface area contributed by atoms with E-state index in [1.807, 2.05) is 4.90 Å². The van der Waals surface area contributed by atoms with Crippen molar-refractivity contribution in [1.29, 1.82) is 0 Å². The van der Waals surface area contributed by atoms with Crippen LogP contribution in [0.25, 0.3) is 32.9 Å². The number of pyridine rings is 1. The Morgan fingerprint density at radius 1 is 1.00 bits per heavy atom. The summed E-state index contributed by atoms with van der Waals surface area (Å²) in [7, 11) is 1.40. The molecule has 2 N–H and O–H groups in total. The smallest absolute Gasteiger partial charge is 0.319 e. The second kappa shape index (κ2) is 14.8. The third-order valence-corrected chi connectivity index (χ3v) is 12.9. The average Bonchev–Trinajstić information content (AvgIpc) is 3.80. The van der Waals surface area contributed by atoms with Crippen molar-refractivity contribution in [3.8, 4) is 41.2 Å². The third kappa shape index (κ3) is 6.81. The van der Waals surface area contributed by atoms with E-state index in [-0.39, 0.29) is 87.3 Å².